The fraction of sp³-hybridized carbons (Fsp3) is 0.200. The molecule has 7 rings (SSSR count). The fourth-order valence-corrected chi connectivity index (χ4v) is 5.39. The predicted molar refractivity (Wildman–Crippen MR) is 110 cm³/mol. The fourth-order valence-electron chi connectivity index (χ4n) is 5.39. The molecule has 3 aromatic carbocycles. The minimum absolute atomic E-state index is 0.146. The Kier molecular flexibility index (Phi) is 3.69. The van der Waals surface area contributed by atoms with Crippen molar-refractivity contribution in [2.24, 2.45) is 23.7 Å². The molecule has 1 saturated carbocycles. The van der Waals surface area contributed by atoms with Gasteiger partial charge in [0.1, 0.15) is 0 Å². The van der Waals surface area contributed by atoms with Crippen molar-refractivity contribution in [3.63, 3.8) is 0 Å². The third kappa shape index (κ3) is 2.51. The molecule has 0 amide bonds. The van der Waals surface area contributed by atoms with Crippen LogP contribution in [0.25, 0.3) is 21.5 Å². The van der Waals surface area contributed by atoms with Crippen LogP contribution in [-0.2, 0) is 19.1 Å². The molecule has 3 aromatic rings. The smallest absolute Gasteiger partial charge is 0.347 e. The lowest BCUT2D eigenvalue weighted by Crippen LogP contribution is -2.21. The molecule has 6 nitrogen and oxygen atoms in total. The van der Waals surface area contributed by atoms with Crippen LogP contribution in [0, 0.1) is 23.7 Å². The van der Waals surface area contributed by atoms with Crippen LogP contribution in [0.1, 0.15) is 27.1 Å². The van der Waals surface area contributed by atoms with Crippen LogP contribution in [-0.4, -0.2) is 23.9 Å². The third-order valence-corrected chi connectivity index (χ3v) is 6.70. The molecule has 31 heavy (non-hydrogen) atoms. The van der Waals surface area contributed by atoms with E-state index in [1.54, 1.807) is 12.1 Å². The number of hydrogen-bond acceptors (Lipinski definition) is 6. The number of ether oxygens (including phenoxy) is 2. The average molecular weight is 412 g/mol. The summed E-state index contributed by atoms with van der Waals surface area (Å²) in [6.45, 7) is 0. The lowest BCUT2D eigenvalue weighted by molar-refractivity contribution is -0.154. The van der Waals surface area contributed by atoms with Gasteiger partial charge in [-0.15, -0.1) is 0 Å². The van der Waals surface area contributed by atoms with Crippen molar-refractivity contribution in [3.05, 3.63) is 71.8 Å². The zero-order valence-corrected chi connectivity index (χ0v) is 16.2. The third-order valence-electron chi connectivity index (χ3n) is 6.70. The Morgan fingerprint density at radius 1 is 0.710 bits per heavy atom. The molecule has 4 atom stereocenters. The number of allylic oxidation sites excluding steroid dienone is 2. The van der Waals surface area contributed by atoms with Gasteiger partial charge in [0.15, 0.2) is 0 Å². The van der Waals surface area contributed by atoms with Gasteiger partial charge in [-0.25, -0.2) is 9.59 Å². The summed E-state index contributed by atoms with van der Waals surface area (Å²) in [5, 5.41) is 3.37. The number of hydrogen-bond donors (Lipinski definition) is 0. The lowest BCUT2D eigenvalue weighted by atomic mass is 9.85. The first-order valence-corrected chi connectivity index (χ1v) is 10.2. The summed E-state index contributed by atoms with van der Waals surface area (Å²) in [6, 6.07) is 15.0. The average Bonchev–Trinajstić information content (AvgIpc) is 3.46. The minimum atomic E-state index is -0.571. The molecule has 152 valence electrons. The largest absolute Gasteiger partial charge is 0.393 e. The van der Waals surface area contributed by atoms with E-state index in [0.717, 1.165) is 22.6 Å². The second-order valence-corrected chi connectivity index (χ2v) is 8.29. The Bertz CT molecular complexity index is 1340. The number of carbonyl (C=O) groups is 4. The van der Waals surface area contributed by atoms with Crippen molar-refractivity contribution in [2.45, 2.75) is 6.42 Å². The maximum Gasteiger partial charge on any atom is 0.347 e. The van der Waals surface area contributed by atoms with Crippen LogP contribution in [0.15, 0.2) is 60.7 Å². The Hall–Kier alpha value is -3.80. The van der Waals surface area contributed by atoms with E-state index in [-0.39, 0.29) is 35.6 Å². The van der Waals surface area contributed by atoms with E-state index in [9.17, 15) is 19.2 Å². The maximum absolute atomic E-state index is 12.1. The van der Waals surface area contributed by atoms with Gasteiger partial charge < -0.3 is 9.47 Å². The number of rotatable bonds is 0. The Morgan fingerprint density at radius 3 is 2.13 bits per heavy atom. The van der Waals surface area contributed by atoms with Crippen molar-refractivity contribution in [1.82, 2.24) is 0 Å². The minimum Gasteiger partial charge on any atom is -0.393 e. The maximum atomic E-state index is 12.1. The molecule has 1 saturated heterocycles. The molecule has 2 fully saturated rings. The van der Waals surface area contributed by atoms with Crippen LogP contribution in [0.3, 0.4) is 0 Å². The molecule has 2 aliphatic carbocycles. The molecule has 2 aliphatic heterocycles. The molecule has 4 aliphatic rings. The second kappa shape index (κ2) is 6.35. The van der Waals surface area contributed by atoms with Gasteiger partial charge in [0, 0.05) is 5.39 Å². The Labute approximate surface area is 176 Å². The van der Waals surface area contributed by atoms with E-state index in [1.165, 1.54) is 0 Å². The van der Waals surface area contributed by atoms with Gasteiger partial charge in [0.25, 0.3) is 0 Å². The van der Waals surface area contributed by atoms with Crippen molar-refractivity contribution in [3.8, 4) is 0 Å². The summed E-state index contributed by atoms with van der Waals surface area (Å²) in [6.07, 6.45) is 5.06. The van der Waals surface area contributed by atoms with Gasteiger partial charge in [-0.1, -0.05) is 48.6 Å². The molecule has 0 radical (unpaired) electrons. The highest BCUT2D eigenvalue weighted by Crippen LogP contribution is 2.51. The lowest BCUT2D eigenvalue weighted by Gasteiger charge is -2.17. The van der Waals surface area contributed by atoms with Gasteiger partial charge in [0.2, 0.25) is 0 Å². The molecule has 0 spiro atoms. The standard InChI is InChI=1S/C16H8O3.C9H8O3/c17-15-12-7-3-5-10-8-9-4-1-2-6-11(9)14(13(10)12)16(18)19-15;10-8-6-4-1-2-5(3-4)7(6)9(11)12-8/h1-8H;1-2,4-7H,3H2. The number of carbonyl (C=O) groups excluding carboxylic acids is 4. The van der Waals surface area contributed by atoms with Crippen molar-refractivity contribution >= 4 is 45.4 Å². The zero-order valence-electron chi connectivity index (χ0n) is 16.2. The first-order chi connectivity index (χ1) is 15.0. The summed E-state index contributed by atoms with van der Waals surface area (Å²) in [5.41, 5.74) is 0.946. The van der Waals surface area contributed by atoms with E-state index in [0.29, 0.717) is 16.5 Å². The molecule has 0 aromatic heterocycles. The normalized spacial score (nSPS) is 27.2. The molecular weight excluding hydrogens is 396 g/mol. The van der Waals surface area contributed by atoms with Crippen LogP contribution >= 0.6 is 0 Å². The first-order valence-electron chi connectivity index (χ1n) is 10.2. The summed E-state index contributed by atoms with van der Waals surface area (Å²) in [4.78, 5) is 46.2. The van der Waals surface area contributed by atoms with Crippen molar-refractivity contribution in [2.75, 3.05) is 0 Å². The highest BCUT2D eigenvalue weighted by Gasteiger charge is 2.57. The van der Waals surface area contributed by atoms with Gasteiger partial charge in [0.05, 0.1) is 23.0 Å². The van der Waals surface area contributed by atoms with E-state index >= 15 is 0 Å². The van der Waals surface area contributed by atoms with Gasteiger partial charge in [-0.05, 0) is 46.5 Å². The summed E-state index contributed by atoms with van der Waals surface area (Å²) < 4.78 is 9.42. The first kappa shape index (κ1) is 18.0. The highest BCUT2D eigenvalue weighted by atomic mass is 16.6. The topological polar surface area (TPSA) is 86.7 Å². The Morgan fingerprint density at radius 2 is 1.39 bits per heavy atom. The van der Waals surface area contributed by atoms with E-state index in [1.807, 2.05) is 48.6 Å². The summed E-state index contributed by atoms with van der Waals surface area (Å²) in [5.74, 6) is -1.48. The van der Waals surface area contributed by atoms with Gasteiger partial charge >= 0.3 is 23.9 Å². The Balaban J connectivity index is 0.000000132. The summed E-state index contributed by atoms with van der Waals surface area (Å²) >= 11 is 0. The molecule has 0 N–H and O–H groups in total. The highest BCUT2D eigenvalue weighted by molar-refractivity contribution is 6.26. The number of fused-ring (bicyclic) bond motifs is 7. The molecular formula is C25H16O6. The number of cyclic esters (lactones) is 4. The van der Waals surface area contributed by atoms with Crippen LogP contribution in [0.5, 0.6) is 0 Å². The van der Waals surface area contributed by atoms with E-state index in [4.69, 9.17) is 4.74 Å². The van der Waals surface area contributed by atoms with Gasteiger partial charge in [-0.3, -0.25) is 9.59 Å². The number of benzene rings is 3. The molecule has 6 heteroatoms. The SMILES string of the molecule is O=C1OC(=O)C2C3C=CC(C3)C12.O=C1OC(=O)c2c3ccccc3cc3cccc1c23. The monoisotopic (exact) mass is 412 g/mol. The predicted octanol–water partition coefficient (Wildman–Crippen LogP) is 3.81. The molecule has 2 heterocycles. The number of esters is 4. The van der Waals surface area contributed by atoms with Gasteiger partial charge in [-0.2, -0.15) is 0 Å². The second-order valence-electron chi connectivity index (χ2n) is 8.29. The summed E-state index contributed by atoms with van der Waals surface area (Å²) in [7, 11) is 0. The molecule has 2 bridgehead atoms. The van der Waals surface area contributed by atoms with E-state index in [2.05, 4.69) is 4.74 Å². The van der Waals surface area contributed by atoms with Crippen molar-refractivity contribution in [1.29, 1.82) is 0 Å². The van der Waals surface area contributed by atoms with Crippen LogP contribution in [0.4, 0.5) is 0 Å². The van der Waals surface area contributed by atoms with Crippen molar-refractivity contribution < 1.29 is 28.7 Å². The molecule has 4 unspecified atom stereocenters. The quantitative estimate of drug-likeness (QED) is 0.242. The van der Waals surface area contributed by atoms with Crippen LogP contribution in [0.2, 0.25) is 0 Å². The van der Waals surface area contributed by atoms with Crippen LogP contribution < -0.4 is 0 Å². The van der Waals surface area contributed by atoms with E-state index < -0.39 is 11.9 Å². The zero-order chi connectivity index (χ0) is 21.3.